The van der Waals surface area contributed by atoms with Crippen LogP contribution in [0.3, 0.4) is 0 Å². The summed E-state index contributed by atoms with van der Waals surface area (Å²) < 4.78 is 1.74. The minimum atomic E-state index is 0.471. The maximum absolute atomic E-state index is 5.22. The minimum absolute atomic E-state index is 0.471. The van der Waals surface area contributed by atoms with E-state index < -0.39 is 0 Å². The molecule has 0 aliphatic carbocycles. The van der Waals surface area contributed by atoms with E-state index in [1.54, 1.807) is 0 Å². The molecule has 0 heterocycles. The fourth-order valence-corrected chi connectivity index (χ4v) is 2.65. The van der Waals surface area contributed by atoms with E-state index in [4.69, 9.17) is 12.2 Å². The first-order chi connectivity index (χ1) is 8.68. The van der Waals surface area contributed by atoms with E-state index >= 15 is 0 Å². The van der Waals surface area contributed by atoms with E-state index in [1.165, 1.54) is 0 Å². The van der Waals surface area contributed by atoms with Crippen molar-refractivity contribution in [3.8, 4) is 0 Å². The van der Waals surface area contributed by atoms with Crippen molar-refractivity contribution in [2.75, 3.05) is 0 Å². The fourth-order valence-electron chi connectivity index (χ4n) is 1.32. The summed E-state index contributed by atoms with van der Waals surface area (Å²) in [5, 5.41) is 8.25. The van der Waals surface area contributed by atoms with Gasteiger partial charge in [-0.1, -0.05) is 48.6 Å². The number of hydrogen-bond acceptors (Lipinski definition) is 2. The molecule has 0 aromatic heterocycles. The highest BCUT2D eigenvalue weighted by Crippen LogP contribution is 2.33. The third kappa shape index (κ3) is 3.31. The molecule has 0 spiro atoms. The van der Waals surface area contributed by atoms with Gasteiger partial charge in [0.25, 0.3) is 0 Å². The number of azo groups is 1. The first-order valence-corrected chi connectivity index (χ1v) is 7.13. The number of thiocarbonyl (C=S) groups is 1. The molecule has 0 aliphatic rings. The number of rotatable bonds is 2. The molecule has 0 unspecified atom stereocenters. The molecule has 0 aliphatic heterocycles. The van der Waals surface area contributed by atoms with Gasteiger partial charge in [0.05, 0.1) is 0 Å². The van der Waals surface area contributed by atoms with Crippen LogP contribution in [0.2, 0.25) is 0 Å². The van der Waals surface area contributed by atoms with Gasteiger partial charge >= 0.3 is 0 Å². The minimum Gasteiger partial charge on any atom is -0.147 e. The highest BCUT2D eigenvalue weighted by molar-refractivity contribution is 9.11. The molecular formula is C13H8Br2N2S. The molecule has 0 atom stereocenters. The van der Waals surface area contributed by atoms with Crippen molar-refractivity contribution in [2.24, 2.45) is 10.2 Å². The highest BCUT2D eigenvalue weighted by Gasteiger charge is 2.04. The monoisotopic (exact) mass is 382 g/mol. The molecule has 0 amide bonds. The summed E-state index contributed by atoms with van der Waals surface area (Å²) in [5.41, 5.74) is 1.62. The molecular weight excluding hydrogens is 376 g/mol. The Kier molecular flexibility index (Phi) is 4.74. The van der Waals surface area contributed by atoms with Gasteiger partial charge in [-0.2, -0.15) is 0 Å². The maximum Gasteiger partial charge on any atom is 0.155 e. The lowest BCUT2D eigenvalue weighted by Gasteiger charge is -2.00. The van der Waals surface area contributed by atoms with Crippen LogP contribution in [0.4, 0.5) is 5.69 Å². The Balaban J connectivity index is 2.24. The Morgan fingerprint density at radius 1 is 0.889 bits per heavy atom. The molecule has 2 nitrogen and oxygen atoms in total. The first-order valence-electron chi connectivity index (χ1n) is 5.13. The Bertz CT molecular complexity index is 577. The average Bonchev–Trinajstić information content (AvgIpc) is 2.39. The lowest BCUT2D eigenvalue weighted by molar-refractivity contribution is 1.27. The molecule has 0 fully saturated rings. The van der Waals surface area contributed by atoms with E-state index in [0.29, 0.717) is 4.99 Å². The predicted octanol–water partition coefficient (Wildman–Crippen LogP) is 5.67. The van der Waals surface area contributed by atoms with Gasteiger partial charge in [-0.15, -0.1) is 10.2 Å². The van der Waals surface area contributed by atoms with Gasteiger partial charge in [-0.25, -0.2) is 0 Å². The lowest BCUT2D eigenvalue weighted by Crippen LogP contribution is -1.90. The van der Waals surface area contributed by atoms with Gasteiger partial charge in [-0.3, -0.25) is 0 Å². The molecule has 5 heteroatoms. The fraction of sp³-hybridized carbons (Fsp3) is 0. The van der Waals surface area contributed by atoms with E-state index in [2.05, 4.69) is 42.1 Å². The molecule has 2 aromatic carbocycles. The summed E-state index contributed by atoms with van der Waals surface area (Å²) in [4.78, 5) is 0.471. The van der Waals surface area contributed by atoms with Crippen LogP contribution < -0.4 is 0 Å². The van der Waals surface area contributed by atoms with Crippen LogP contribution in [0, 0.1) is 0 Å². The topological polar surface area (TPSA) is 24.7 Å². The van der Waals surface area contributed by atoms with E-state index in [-0.39, 0.29) is 0 Å². The molecule has 2 rings (SSSR count). The second kappa shape index (κ2) is 6.31. The zero-order chi connectivity index (χ0) is 13.0. The predicted molar refractivity (Wildman–Crippen MR) is 84.5 cm³/mol. The van der Waals surface area contributed by atoms with Crippen molar-refractivity contribution in [1.29, 1.82) is 0 Å². The van der Waals surface area contributed by atoms with E-state index in [1.807, 2.05) is 48.5 Å². The number of benzene rings is 2. The van der Waals surface area contributed by atoms with Crippen molar-refractivity contribution < 1.29 is 0 Å². The SMILES string of the molecule is S=C(N=Nc1c(Br)cccc1Br)c1ccccc1. The van der Waals surface area contributed by atoms with Gasteiger partial charge in [0.15, 0.2) is 4.99 Å². The van der Waals surface area contributed by atoms with Crippen molar-refractivity contribution >= 4 is 54.8 Å². The third-order valence-electron chi connectivity index (χ3n) is 2.20. The molecule has 90 valence electrons. The summed E-state index contributed by atoms with van der Waals surface area (Å²) in [6.45, 7) is 0. The van der Waals surface area contributed by atoms with Gasteiger partial charge in [0.1, 0.15) is 5.69 Å². The van der Waals surface area contributed by atoms with Crippen molar-refractivity contribution in [2.45, 2.75) is 0 Å². The van der Waals surface area contributed by atoms with Gasteiger partial charge in [-0.05, 0) is 44.0 Å². The summed E-state index contributed by atoms with van der Waals surface area (Å²) in [5.74, 6) is 0. The Morgan fingerprint density at radius 3 is 2.11 bits per heavy atom. The summed E-state index contributed by atoms with van der Waals surface area (Å²) in [6, 6.07) is 15.3. The Morgan fingerprint density at radius 2 is 1.50 bits per heavy atom. The molecule has 18 heavy (non-hydrogen) atoms. The van der Waals surface area contributed by atoms with Crippen LogP contribution in [0.1, 0.15) is 5.56 Å². The first kappa shape index (κ1) is 13.5. The van der Waals surface area contributed by atoms with Gasteiger partial charge in [0, 0.05) is 14.5 Å². The van der Waals surface area contributed by atoms with Crippen molar-refractivity contribution in [1.82, 2.24) is 0 Å². The Labute approximate surface area is 127 Å². The Hall–Kier alpha value is -0.910. The molecule has 0 N–H and O–H groups in total. The van der Waals surface area contributed by atoms with Crippen molar-refractivity contribution in [3.63, 3.8) is 0 Å². The summed E-state index contributed by atoms with van der Waals surface area (Å²) in [7, 11) is 0. The normalized spacial score (nSPS) is 10.8. The van der Waals surface area contributed by atoms with Crippen LogP contribution in [0.15, 0.2) is 67.7 Å². The molecule has 0 saturated heterocycles. The van der Waals surface area contributed by atoms with Crippen LogP contribution >= 0.6 is 44.1 Å². The molecule has 0 saturated carbocycles. The lowest BCUT2D eigenvalue weighted by atomic mass is 10.2. The number of hydrogen-bond donors (Lipinski definition) is 0. The molecule has 2 aromatic rings. The zero-order valence-electron chi connectivity index (χ0n) is 9.18. The smallest absolute Gasteiger partial charge is 0.147 e. The quantitative estimate of drug-likeness (QED) is 0.484. The largest absolute Gasteiger partial charge is 0.155 e. The van der Waals surface area contributed by atoms with Gasteiger partial charge < -0.3 is 0 Å². The molecule has 0 radical (unpaired) electrons. The van der Waals surface area contributed by atoms with Crippen molar-refractivity contribution in [3.05, 3.63) is 63.0 Å². The highest BCUT2D eigenvalue weighted by atomic mass is 79.9. The zero-order valence-corrected chi connectivity index (χ0v) is 13.2. The van der Waals surface area contributed by atoms with Crippen LogP contribution in [-0.2, 0) is 0 Å². The number of halogens is 2. The number of nitrogens with zero attached hydrogens (tertiary/aromatic N) is 2. The second-order valence-electron chi connectivity index (χ2n) is 3.44. The standard InChI is InChI=1S/C13H8Br2N2S/c14-10-7-4-8-11(15)12(10)16-17-13(18)9-5-2-1-3-6-9/h1-8H. The van der Waals surface area contributed by atoms with Crippen LogP contribution in [-0.4, -0.2) is 4.99 Å². The van der Waals surface area contributed by atoms with Crippen LogP contribution in [0.5, 0.6) is 0 Å². The van der Waals surface area contributed by atoms with Gasteiger partial charge in [0.2, 0.25) is 0 Å². The maximum atomic E-state index is 5.22. The average molecular weight is 384 g/mol. The van der Waals surface area contributed by atoms with E-state index in [0.717, 1.165) is 20.2 Å². The second-order valence-corrected chi connectivity index (χ2v) is 5.54. The van der Waals surface area contributed by atoms with Crippen LogP contribution in [0.25, 0.3) is 0 Å². The van der Waals surface area contributed by atoms with E-state index in [9.17, 15) is 0 Å². The molecule has 0 bridgehead atoms. The summed E-state index contributed by atoms with van der Waals surface area (Å²) in [6.07, 6.45) is 0. The third-order valence-corrected chi connectivity index (χ3v) is 3.80. The summed E-state index contributed by atoms with van der Waals surface area (Å²) >= 11 is 12.1.